The van der Waals surface area contributed by atoms with E-state index in [0.29, 0.717) is 0 Å². The highest BCUT2D eigenvalue weighted by Crippen LogP contribution is 2.29. The van der Waals surface area contributed by atoms with Crippen molar-refractivity contribution in [3.8, 4) is 0 Å². The zero-order valence-electron chi connectivity index (χ0n) is 6.78. The van der Waals surface area contributed by atoms with Crippen molar-refractivity contribution in [1.82, 2.24) is 0 Å². The van der Waals surface area contributed by atoms with Crippen LogP contribution in [0.2, 0.25) is 0 Å². The van der Waals surface area contributed by atoms with Crippen molar-refractivity contribution in [2.24, 2.45) is 0 Å². The summed E-state index contributed by atoms with van der Waals surface area (Å²) in [4.78, 5) is 3.33. The molecule has 0 radical (unpaired) electrons. The van der Waals surface area contributed by atoms with Crippen LogP contribution in [0.4, 0.5) is 5.69 Å². The van der Waals surface area contributed by atoms with Gasteiger partial charge in [0.15, 0.2) is 0 Å². The van der Waals surface area contributed by atoms with Crippen molar-refractivity contribution < 1.29 is 0 Å². The lowest BCUT2D eigenvalue weighted by Crippen LogP contribution is -2.13. The Kier molecular flexibility index (Phi) is 2.90. The van der Waals surface area contributed by atoms with Gasteiger partial charge in [0.2, 0.25) is 0 Å². The third-order valence-corrected chi connectivity index (χ3v) is 3.39. The molecule has 1 atom stereocenters. The summed E-state index contributed by atoms with van der Waals surface area (Å²) in [7, 11) is 1.74. The van der Waals surface area contributed by atoms with Crippen molar-refractivity contribution in [3.05, 3.63) is 24.3 Å². The first-order valence-corrected chi connectivity index (χ1v) is 4.91. The molecule has 1 aromatic carbocycles. The molecule has 0 amide bonds. The van der Waals surface area contributed by atoms with Crippen LogP contribution >= 0.6 is 17.0 Å². The molecule has 1 N–H and O–H groups in total. The number of halogens is 1. The molecule has 0 saturated carbocycles. The molecule has 0 spiro atoms. The maximum Gasteiger partial charge on any atom is 0.0786 e. The van der Waals surface area contributed by atoms with Crippen LogP contribution in [-0.2, 0) is 10.7 Å². The molecule has 12 heavy (non-hydrogen) atoms. The lowest BCUT2D eigenvalue weighted by Gasteiger charge is -2.08. The number of nitrogens with zero attached hydrogens (tertiary/aromatic N) is 1. The van der Waals surface area contributed by atoms with E-state index in [4.69, 9.17) is 4.78 Å². The van der Waals surface area contributed by atoms with Crippen molar-refractivity contribution in [1.29, 1.82) is 4.78 Å². The first kappa shape index (κ1) is 9.74. The number of para-hydroxylation sites is 1. The Morgan fingerprint density at radius 1 is 1.42 bits per heavy atom. The maximum atomic E-state index is 7.73. The van der Waals surface area contributed by atoms with Gasteiger partial charge in [-0.3, -0.25) is 4.78 Å². The first-order valence-electron chi connectivity index (χ1n) is 3.51. The van der Waals surface area contributed by atoms with E-state index >= 15 is 0 Å². The predicted molar refractivity (Wildman–Crippen MR) is 58.4 cm³/mol. The Balaban J connectivity index is 0.000000720. The van der Waals surface area contributed by atoms with Crippen molar-refractivity contribution in [3.63, 3.8) is 0 Å². The maximum absolute atomic E-state index is 7.73. The average molecular weight is 247 g/mol. The molecule has 1 aliphatic rings. The van der Waals surface area contributed by atoms with Gasteiger partial charge in [0.05, 0.1) is 11.6 Å². The highest BCUT2D eigenvalue weighted by atomic mass is 79.9. The van der Waals surface area contributed by atoms with E-state index in [0.717, 1.165) is 5.88 Å². The Hall–Kier alpha value is -0.350. The van der Waals surface area contributed by atoms with Gasteiger partial charge >= 0.3 is 0 Å². The second-order valence-electron chi connectivity index (χ2n) is 2.69. The third kappa shape index (κ3) is 1.41. The zero-order valence-corrected chi connectivity index (χ0v) is 9.31. The molecule has 4 heteroatoms. The number of rotatable bonds is 0. The molecule has 66 valence electrons. The molecule has 1 heterocycles. The third-order valence-electron chi connectivity index (χ3n) is 1.86. The summed E-state index contributed by atoms with van der Waals surface area (Å²) in [5, 5.41) is 0. The minimum atomic E-state index is -0.302. The lowest BCUT2D eigenvalue weighted by atomic mass is 10.3. The quantitative estimate of drug-likeness (QED) is 0.748. The zero-order chi connectivity index (χ0) is 7.84. The second kappa shape index (κ2) is 3.58. The Labute approximate surface area is 85.2 Å². The van der Waals surface area contributed by atoms with Gasteiger partial charge in [-0.1, -0.05) is 22.8 Å². The van der Waals surface area contributed by atoms with Gasteiger partial charge in [0.1, 0.15) is 0 Å². The molecule has 2 rings (SSSR count). The summed E-state index contributed by atoms with van der Waals surface area (Å²) in [6.07, 6.45) is 0. The van der Waals surface area contributed by atoms with Gasteiger partial charge in [-0.15, -0.1) is 17.0 Å². The van der Waals surface area contributed by atoms with Crippen LogP contribution in [0.25, 0.3) is 0 Å². The van der Waals surface area contributed by atoms with E-state index < -0.39 is 0 Å². The highest BCUT2D eigenvalue weighted by Gasteiger charge is 2.17. The van der Waals surface area contributed by atoms with Crippen LogP contribution in [0.3, 0.4) is 0 Å². The minimum absolute atomic E-state index is 0. The van der Waals surface area contributed by atoms with Crippen LogP contribution in [0.5, 0.6) is 0 Å². The molecular formula is C8H11BrN2S. The summed E-state index contributed by atoms with van der Waals surface area (Å²) in [6.45, 7) is 0. The normalized spacial score (nSPS) is 20.1. The number of anilines is 1. The van der Waals surface area contributed by atoms with Crippen molar-refractivity contribution >= 4 is 33.4 Å². The number of hydrogen-bond acceptors (Lipinski definition) is 2. The number of benzene rings is 1. The SMILES string of the molecule is Br.CN1CS(=N)c2ccccc21. The first-order chi connectivity index (χ1) is 5.29. The summed E-state index contributed by atoms with van der Waals surface area (Å²) in [5.41, 5.74) is 1.23. The van der Waals surface area contributed by atoms with Crippen molar-refractivity contribution in [2.75, 3.05) is 17.8 Å². The summed E-state index contributed by atoms with van der Waals surface area (Å²) < 4.78 is 7.73. The van der Waals surface area contributed by atoms with Gasteiger partial charge in [-0.05, 0) is 12.1 Å². The molecule has 1 aromatic rings. The second-order valence-corrected chi connectivity index (χ2v) is 4.17. The van der Waals surface area contributed by atoms with Gasteiger partial charge in [-0.25, -0.2) is 0 Å². The summed E-state index contributed by atoms with van der Waals surface area (Å²) in [6, 6.07) is 8.16. The minimum Gasteiger partial charge on any atom is -0.363 e. The van der Waals surface area contributed by atoms with E-state index in [2.05, 4.69) is 17.0 Å². The fourth-order valence-electron chi connectivity index (χ4n) is 1.31. The van der Waals surface area contributed by atoms with E-state index in [9.17, 15) is 0 Å². The largest absolute Gasteiger partial charge is 0.363 e. The van der Waals surface area contributed by atoms with E-state index in [1.54, 1.807) is 0 Å². The monoisotopic (exact) mass is 246 g/mol. The van der Waals surface area contributed by atoms with Gasteiger partial charge in [0.25, 0.3) is 0 Å². The molecule has 0 aliphatic carbocycles. The number of hydrogen-bond donors (Lipinski definition) is 1. The van der Waals surface area contributed by atoms with E-state index in [1.807, 2.05) is 19.2 Å². The summed E-state index contributed by atoms with van der Waals surface area (Å²) in [5.74, 6) is 0.860. The fraction of sp³-hybridized carbons (Fsp3) is 0.250. The van der Waals surface area contributed by atoms with Crippen LogP contribution < -0.4 is 4.90 Å². The predicted octanol–water partition coefficient (Wildman–Crippen LogP) is 2.41. The topological polar surface area (TPSA) is 27.1 Å². The van der Waals surface area contributed by atoms with Crippen LogP contribution in [0.1, 0.15) is 0 Å². The van der Waals surface area contributed by atoms with Crippen LogP contribution in [0, 0.1) is 4.78 Å². The van der Waals surface area contributed by atoms with E-state index in [-0.39, 0.29) is 27.7 Å². The smallest absolute Gasteiger partial charge is 0.0786 e. The Bertz CT molecular complexity index is 314. The lowest BCUT2D eigenvalue weighted by molar-refractivity contribution is 1.10. The Morgan fingerprint density at radius 3 is 2.75 bits per heavy atom. The van der Waals surface area contributed by atoms with Crippen LogP contribution in [0.15, 0.2) is 29.2 Å². The number of fused-ring (bicyclic) bond motifs is 1. The fourth-order valence-corrected chi connectivity index (χ4v) is 2.70. The molecule has 1 aliphatic heterocycles. The molecule has 1 unspecified atom stereocenters. The van der Waals surface area contributed by atoms with Gasteiger partial charge < -0.3 is 4.90 Å². The molecule has 0 fully saturated rings. The molecule has 2 nitrogen and oxygen atoms in total. The summed E-state index contributed by atoms with van der Waals surface area (Å²) >= 11 is 0. The van der Waals surface area contributed by atoms with E-state index in [1.165, 1.54) is 10.6 Å². The van der Waals surface area contributed by atoms with Crippen LogP contribution in [-0.4, -0.2) is 12.9 Å². The standard InChI is InChI=1S/C8H10N2S.BrH/c1-10-6-11(9)8-5-3-2-4-7(8)10;/h2-5,9H,6H2,1H3;1H. The molecular weight excluding hydrogens is 236 g/mol. The Morgan fingerprint density at radius 2 is 2.08 bits per heavy atom. The molecule has 0 saturated heterocycles. The van der Waals surface area contributed by atoms with Crippen molar-refractivity contribution in [2.45, 2.75) is 4.90 Å². The number of nitrogens with one attached hydrogen (secondary N) is 1. The highest BCUT2D eigenvalue weighted by molar-refractivity contribution is 8.93. The van der Waals surface area contributed by atoms with Gasteiger partial charge in [-0.2, -0.15) is 0 Å². The molecule has 0 aromatic heterocycles. The van der Waals surface area contributed by atoms with Gasteiger partial charge in [0, 0.05) is 11.9 Å². The average Bonchev–Trinajstić information content (AvgIpc) is 2.30. The molecule has 0 bridgehead atoms.